The van der Waals surface area contributed by atoms with Crippen LogP contribution in [0, 0.1) is 0 Å². The summed E-state index contributed by atoms with van der Waals surface area (Å²) >= 11 is 0. The molecule has 5 rings (SSSR count). The third kappa shape index (κ3) is 3.70. The number of hydrogen-bond donors (Lipinski definition) is 2. The highest BCUT2D eigenvalue weighted by atomic mass is 16.6. The molecule has 1 aromatic carbocycles. The van der Waals surface area contributed by atoms with Crippen molar-refractivity contribution in [1.82, 2.24) is 19.9 Å². The summed E-state index contributed by atoms with van der Waals surface area (Å²) in [7, 11) is 0. The SMILES string of the molecule is CCOc1nc(Nc2ccc(C(=O)N3CCOCC3)c3c2OCCO3)nc2[nH]ccc12. The third-order valence-electron chi connectivity index (χ3n) is 5.13. The number of hydrogen-bond acceptors (Lipinski definition) is 8. The van der Waals surface area contributed by atoms with Gasteiger partial charge < -0.3 is 34.1 Å². The van der Waals surface area contributed by atoms with Crippen LogP contribution in [0.2, 0.25) is 0 Å². The summed E-state index contributed by atoms with van der Waals surface area (Å²) in [5, 5.41) is 3.99. The molecule has 162 valence electrons. The van der Waals surface area contributed by atoms with Gasteiger partial charge in [-0.2, -0.15) is 9.97 Å². The van der Waals surface area contributed by atoms with Crippen molar-refractivity contribution in [2.24, 2.45) is 0 Å². The number of nitrogens with one attached hydrogen (secondary N) is 2. The Morgan fingerprint density at radius 1 is 1.13 bits per heavy atom. The third-order valence-corrected chi connectivity index (χ3v) is 5.13. The van der Waals surface area contributed by atoms with E-state index in [0.717, 1.165) is 5.39 Å². The normalized spacial score (nSPS) is 15.7. The first kappa shape index (κ1) is 19.4. The number of anilines is 2. The molecule has 0 aliphatic carbocycles. The largest absolute Gasteiger partial charge is 0.485 e. The standard InChI is InChI=1S/C21H23N5O5/c1-2-29-19-14-5-6-22-18(14)24-21(25-19)23-15-4-3-13(16-17(15)31-12-11-30-16)20(27)26-7-9-28-10-8-26/h3-6H,2,7-12H2,1H3,(H2,22,23,24,25). The Labute approximate surface area is 178 Å². The Morgan fingerprint density at radius 3 is 2.74 bits per heavy atom. The number of fused-ring (bicyclic) bond motifs is 2. The number of carbonyl (C=O) groups excluding carboxylic acids is 1. The fourth-order valence-corrected chi connectivity index (χ4v) is 3.68. The maximum Gasteiger partial charge on any atom is 0.257 e. The van der Waals surface area contributed by atoms with E-state index in [2.05, 4.69) is 20.3 Å². The van der Waals surface area contributed by atoms with Crippen molar-refractivity contribution in [2.75, 3.05) is 51.4 Å². The zero-order chi connectivity index (χ0) is 21.2. The molecule has 10 heteroatoms. The maximum atomic E-state index is 13.0. The molecule has 3 aromatic rings. The van der Waals surface area contributed by atoms with Crippen LogP contribution in [-0.2, 0) is 4.74 Å². The second-order valence-corrected chi connectivity index (χ2v) is 7.07. The van der Waals surface area contributed by atoms with Gasteiger partial charge in [-0.05, 0) is 25.1 Å². The molecule has 2 N–H and O–H groups in total. The van der Waals surface area contributed by atoms with E-state index in [-0.39, 0.29) is 5.91 Å². The highest BCUT2D eigenvalue weighted by Crippen LogP contribution is 2.42. The molecule has 1 fully saturated rings. The van der Waals surface area contributed by atoms with E-state index in [1.165, 1.54) is 0 Å². The van der Waals surface area contributed by atoms with Crippen molar-refractivity contribution in [1.29, 1.82) is 0 Å². The van der Waals surface area contributed by atoms with Gasteiger partial charge in [-0.15, -0.1) is 0 Å². The number of nitrogens with zero attached hydrogens (tertiary/aromatic N) is 3. The number of aromatic amines is 1. The van der Waals surface area contributed by atoms with Gasteiger partial charge in [0.25, 0.3) is 5.91 Å². The first-order chi connectivity index (χ1) is 15.2. The Balaban J connectivity index is 1.49. The molecule has 0 bridgehead atoms. The minimum absolute atomic E-state index is 0.0979. The average molecular weight is 425 g/mol. The van der Waals surface area contributed by atoms with E-state index in [9.17, 15) is 4.79 Å². The lowest BCUT2D eigenvalue weighted by molar-refractivity contribution is 0.0298. The van der Waals surface area contributed by atoms with Gasteiger partial charge in [-0.3, -0.25) is 4.79 Å². The molecule has 10 nitrogen and oxygen atoms in total. The number of benzene rings is 1. The predicted molar refractivity (Wildman–Crippen MR) is 112 cm³/mol. The topological polar surface area (TPSA) is 111 Å². The molecule has 0 unspecified atom stereocenters. The van der Waals surface area contributed by atoms with Gasteiger partial charge in [-0.1, -0.05) is 0 Å². The Morgan fingerprint density at radius 2 is 1.94 bits per heavy atom. The summed E-state index contributed by atoms with van der Waals surface area (Å²) in [6, 6.07) is 5.39. The van der Waals surface area contributed by atoms with Gasteiger partial charge in [0.2, 0.25) is 11.8 Å². The van der Waals surface area contributed by atoms with Crippen molar-refractivity contribution < 1.29 is 23.7 Å². The van der Waals surface area contributed by atoms with Crippen molar-refractivity contribution in [2.45, 2.75) is 6.92 Å². The van der Waals surface area contributed by atoms with Gasteiger partial charge in [0.1, 0.15) is 18.9 Å². The van der Waals surface area contributed by atoms with Crippen molar-refractivity contribution in [3.63, 3.8) is 0 Å². The lowest BCUT2D eigenvalue weighted by atomic mass is 10.1. The number of rotatable bonds is 5. The van der Waals surface area contributed by atoms with E-state index in [1.54, 1.807) is 23.2 Å². The van der Waals surface area contributed by atoms with E-state index >= 15 is 0 Å². The van der Waals surface area contributed by atoms with E-state index in [1.807, 2.05) is 13.0 Å². The molecule has 31 heavy (non-hydrogen) atoms. The first-order valence-electron chi connectivity index (χ1n) is 10.3. The van der Waals surface area contributed by atoms with Crippen molar-refractivity contribution in [3.05, 3.63) is 30.0 Å². The van der Waals surface area contributed by atoms with Gasteiger partial charge >= 0.3 is 0 Å². The number of amides is 1. The fraction of sp³-hybridized carbons (Fsp3) is 0.381. The van der Waals surface area contributed by atoms with Crippen LogP contribution in [0.3, 0.4) is 0 Å². The summed E-state index contributed by atoms with van der Waals surface area (Å²) in [6.07, 6.45) is 1.79. The molecule has 4 heterocycles. The van der Waals surface area contributed by atoms with E-state index < -0.39 is 0 Å². The molecule has 0 spiro atoms. The molecule has 2 aromatic heterocycles. The van der Waals surface area contributed by atoms with Crippen LogP contribution >= 0.6 is 0 Å². The van der Waals surface area contributed by atoms with Gasteiger partial charge in [-0.25, -0.2) is 0 Å². The van der Waals surface area contributed by atoms with Crippen LogP contribution in [0.4, 0.5) is 11.6 Å². The van der Waals surface area contributed by atoms with Crippen LogP contribution in [-0.4, -0.2) is 71.9 Å². The second-order valence-electron chi connectivity index (χ2n) is 7.07. The molecular formula is C21H23N5O5. The summed E-state index contributed by atoms with van der Waals surface area (Å²) < 4.78 is 22.7. The second kappa shape index (κ2) is 8.31. The summed E-state index contributed by atoms with van der Waals surface area (Å²) in [5.74, 6) is 1.64. The predicted octanol–water partition coefficient (Wildman–Crippen LogP) is 2.34. The average Bonchev–Trinajstić information content (AvgIpc) is 3.29. The van der Waals surface area contributed by atoms with Gasteiger partial charge in [0.15, 0.2) is 11.5 Å². The molecule has 0 saturated carbocycles. The molecular weight excluding hydrogens is 402 g/mol. The number of morpholine rings is 1. The van der Waals surface area contributed by atoms with E-state index in [0.29, 0.717) is 86.3 Å². The lowest BCUT2D eigenvalue weighted by Gasteiger charge is -2.29. The highest BCUT2D eigenvalue weighted by Gasteiger charge is 2.28. The van der Waals surface area contributed by atoms with Crippen LogP contribution in [0.15, 0.2) is 24.4 Å². The summed E-state index contributed by atoms with van der Waals surface area (Å²) in [6.45, 7) is 5.33. The van der Waals surface area contributed by atoms with Crippen LogP contribution in [0.5, 0.6) is 17.4 Å². The molecule has 1 amide bonds. The van der Waals surface area contributed by atoms with Crippen LogP contribution in [0.1, 0.15) is 17.3 Å². The molecule has 0 atom stereocenters. The molecule has 1 saturated heterocycles. The molecule has 2 aliphatic rings. The lowest BCUT2D eigenvalue weighted by Crippen LogP contribution is -2.41. The zero-order valence-electron chi connectivity index (χ0n) is 17.1. The first-order valence-corrected chi connectivity index (χ1v) is 10.3. The van der Waals surface area contributed by atoms with Crippen molar-refractivity contribution >= 4 is 28.6 Å². The number of carbonyl (C=O) groups is 1. The van der Waals surface area contributed by atoms with E-state index in [4.69, 9.17) is 18.9 Å². The minimum atomic E-state index is -0.0979. The number of aromatic nitrogens is 3. The van der Waals surface area contributed by atoms with Gasteiger partial charge in [0.05, 0.1) is 36.5 Å². The Bertz CT molecular complexity index is 1110. The Kier molecular flexibility index (Phi) is 5.21. The quantitative estimate of drug-likeness (QED) is 0.641. The molecule has 0 radical (unpaired) electrons. The summed E-state index contributed by atoms with van der Waals surface area (Å²) in [4.78, 5) is 26.9. The minimum Gasteiger partial charge on any atom is -0.485 e. The van der Waals surface area contributed by atoms with Crippen molar-refractivity contribution in [3.8, 4) is 17.4 Å². The smallest absolute Gasteiger partial charge is 0.257 e. The Hall–Kier alpha value is -3.53. The highest BCUT2D eigenvalue weighted by molar-refractivity contribution is 5.99. The number of ether oxygens (including phenoxy) is 4. The number of H-pyrrole nitrogens is 1. The van der Waals surface area contributed by atoms with Crippen LogP contribution in [0.25, 0.3) is 11.0 Å². The van der Waals surface area contributed by atoms with Crippen LogP contribution < -0.4 is 19.5 Å². The monoisotopic (exact) mass is 425 g/mol. The molecule has 2 aliphatic heterocycles. The fourth-order valence-electron chi connectivity index (χ4n) is 3.68. The van der Waals surface area contributed by atoms with Gasteiger partial charge in [0, 0.05) is 19.3 Å². The zero-order valence-corrected chi connectivity index (χ0v) is 17.1. The summed E-state index contributed by atoms with van der Waals surface area (Å²) in [5.41, 5.74) is 1.74. The maximum absolute atomic E-state index is 13.0.